The summed E-state index contributed by atoms with van der Waals surface area (Å²) in [6, 6.07) is 0. The van der Waals surface area contributed by atoms with Crippen molar-refractivity contribution >= 4 is 46.6 Å². The first kappa shape index (κ1) is 13.8. The fourth-order valence-corrected chi connectivity index (χ4v) is 0. The molecule has 0 aromatic carbocycles. The molecule has 0 aliphatic carbocycles. The Morgan fingerprint density at radius 1 is 1.30 bits per heavy atom. The van der Waals surface area contributed by atoms with Crippen LogP contribution in [0.1, 0.15) is 0 Å². The van der Waals surface area contributed by atoms with E-state index in [0.717, 1.165) is 0 Å². The minimum atomic E-state index is -2.78. The summed E-state index contributed by atoms with van der Waals surface area (Å²) in [7, 11) is 0. The lowest BCUT2D eigenvalue weighted by molar-refractivity contribution is 0.113. The maximum absolute atomic E-state index is 10.4. The quantitative estimate of drug-likeness (QED) is 0.499. The summed E-state index contributed by atoms with van der Waals surface area (Å²) in [5.74, 6) is 0. The SMILES string of the molecule is FCC(F)F.O=S(=O)(I)I. The largest absolute Gasteiger partial charge is 0.266 e. The minimum Gasteiger partial charge on any atom is -0.245 e. The van der Waals surface area contributed by atoms with Crippen molar-refractivity contribution in [3.8, 4) is 0 Å². The molecule has 0 amide bonds. The predicted octanol–water partition coefficient (Wildman–Crippen LogP) is 2.32. The van der Waals surface area contributed by atoms with Gasteiger partial charge in [0.25, 0.3) is 10.6 Å². The Morgan fingerprint density at radius 2 is 1.40 bits per heavy atom. The van der Waals surface area contributed by atoms with E-state index >= 15 is 0 Å². The molecule has 0 N–H and O–H groups in total. The molecule has 0 aliphatic rings. The van der Waals surface area contributed by atoms with E-state index in [2.05, 4.69) is 0 Å². The van der Waals surface area contributed by atoms with Crippen LogP contribution in [-0.2, 0) is 4.18 Å². The van der Waals surface area contributed by atoms with E-state index in [-0.39, 0.29) is 0 Å². The second-order valence-electron chi connectivity index (χ2n) is 0.924. The number of hydrogen-bond acceptors (Lipinski definition) is 2. The van der Waals surface area contributed by atoms with Gasteiger partial charge in [0.15, 0.2) is 6.67 Å². The smallest absolute Gasteiger partial charge is 0.245 e. The molecule has 0 rings (SSSR count). The highest BCUT2D eigenvalue weighted by Crippen LogP contribution is 2.08. The first-order valence-corrected chi connectivity index (χ1v) is 8.32. The van der Waals surface area contributed by atoms with Gasteiger partial charge >= 0.3 is 0 Å². The Morgan fingerprint density at radius 3 is 1.40 bits per heavy atom. The third-order valence-electron chi connectivity index (χ3n) is 0.117. The number of hydrogen-bond donors (Lipinski definition) is 0. The molecule has 0 spiro atoms. The maximum Gasteiger partial charge on any atom is 0.266 e. The van der Waals surface area contributed by atoms with Crippen LogP contribution in [-0.4, -0.2) is 21.5 Å². The molecule has 0 fully saturated rings. The molecular weight excluding hydrogens is 399 g/mol. The van der Waals surface area contributed by atoms with Gasteiger partial charge in [-0.25, -0.2) is 21.6 Å². The second-order valence-corrected chi connectivity index (χ2v) is 13.7. The molecule has 0 saturated heterocycles. The summed E-state index contributed by atoms with van der Waals surface area (Å²) in [5.41, 5.74) is 0. The average Bonchev–Trinajstić information content (AvgIpc) is 1.61. The third kappa shape index (κ3) is 60.4. The molecular formula is C2H3F3I2O2S. The molecule has 2 nitrogen and oxygen atoms in total. The van der Waals surface area contributed by atoms with Gasteiger partial charge in [0, 0.05) is 0 Å². The van der Waals surface area contributed by atoms with Crippen molar-refractivity contribution in [2.24, 2.45) is 0 Å². The van der Waals surface area contributed by atoms with Crippen LogP contribution < -0.4 is 0 Å². The van der Waals surface area contributed by atoms with E-state index in [1.54, 1.807) is 0 Å². The van der Waals surface area contributed by atoms with Crippen molar-refractivity contribution < 1.29 is 21.6 Å². The zero-order valence-corrected chi connectivity index (χ0v) is 9.53. The number of halogens is 5. The second kappa shape index (κ2) is 6.88. The van der Waals surface area contributed by atoms with Crippen molar-refractivity contribution in [3.05, 3.63) is 0 Å². The Balaban J connectivity index is 0. The number of alkyl halides is 3. The predicted molar refractivity (Wildman–Crippen MR) is 48.9 cm³/mol. The highest BCUT2D eigenvalue weighted by atomic mass is 127. The lowest BCUT2D eigenvalue weighted by atomic mass is 10.8. The molecule has 0 unspecified atom stereocenters. The van der Waals surface area contributed by atoms with Crippen molar-refractivity contribution in [2.45, 2.75) is 6.43 Å². The summed E-state index contributed by atoms with van der Waals surface area (Å²) in [4.78, 5) is 0. The summed E-state index contributed by atoms with van der Waals surface area (Å²) in [6.07, 6.45) is -2.78. The van der Waals surface area contributed by atoms with Crippen molar-refractivity contribution in [1.82, 2.24) is 0 Å². The molecule has 0 heterocycles. The summed E-state index contributed by atoms with van der Waals surface area (Å²) in [5, 5.41) is 0. The molecule has 0 bridgehead atoms. The summed E-state index contributed by atoms with van der Waals surface area (Å²) in [6.45, 7) is -1.53. The van der Waals surface area contributed by atoms with Crippen LogP contribution in [0, 0.1) is 0 Å². The first-order chi connectivity index (χ1) is 4.27. The lowest BCUT2D eigenvalue weighted by Crippen LogP contribution is -1.88. The van der Waals surface area contributed by atoms with Gasteiger partial charge in [0.2, 0.25) is 0 Å². The van der Waals surface area contributed by atoms with E-state index in [0.29, 0.717) is 0 Å². The van der Waals surface area contributed by atoms with Gasteiger partial charge < -0.3 is 0 Å². The molecule has 0 atom stereocenters. The van der Waals surface area contributed by atoms with Crippen LogP contribution in [0.3, 0.4) is 0 Å². The van der Waals surface area contributed by atoms with Gasteiger partial charge in [0.05, 0.1) is 42.4 Å². The van der Waals surface area contributed by atoms with E-state index in [4.69, 9.17) is 0 Å². The number of rotatable bonds is 1. The fourth-order valence-electron chi connectivity index (χ4n) is 0. The fraction of sp³-hybridized carbons (Fsp3) is 1.00. The van der Waals surface area contributed by atoms with E-state index in [9.17, 15) is 21.6 Å². The van der Waals surface area contributed by atoms with Crippen LogP contribution in [0.5, 0.6) is 0 Å². The highest BCUT2D eigenvalue weighted by molar-refractivity contribution is 14.3. The van der Waals surface area contributed by atoms with Crippen LogP contribution in [0.4, 0.5) is 13.2 Å². The molecule has 8 heteroatoms. The highest BCUT2D eigenvalue weighted by Gasteiger charge is 1.95. The molecule has 0 radical (unpaired) electrons. The monoisotopic (exact) mass is 402 g/mol. The Labute approximate surface area is 80.7 Å². The van der Waals surface area contributed by atoms with E-state index in [1.165, 1.54) is 42.4 Å². The van der Waals surface area contributed by atoms with E-state index in [1.807, 2.05) is 0 Å². The van der Waals surface area contributed by atoms with Gasteiger partial charge in [-0.3, -0.25) is 0 Å². The van der Waals surface area contributed by atoms with Crippen LogP contribution in [0.15, 0.2) is 0 Å². The van der Waals surface area contributed by atoms with Crippen LogP contribution >= 0.6 is 42.4 Å². The molecule has 64 valence electrons. The molecule has 0 aromatic rings. The van der Waals surface area contributed by atoms with Crippen LogP contribution in [0.2, 0.25) is 0 Å². The standard InChI is InChI=1S/C2H3F3.I2O2S/c3-1-2(4)5;1-5(2,3)4/h2H,1H2;. The Hall–Kier alpha value is 1.20. The van der Waals surface area contributed by atoms with Gasteiger partial charge in [-0.1, -0.05) is 0 Å². The normalized spacial score (nSPS) is 10.6. The lowest BCUT2D eigenvalue weighted by Gasteiger charge is -1.78. The summed E-state index contributed by atoms with van der Waals surface area (Å²) >= 11 is 2.67. The van der Waals surface area contributed by atoms with Gasteiger partial charge in [0.1, 0.15) is 0 Å². The van der Waals surface area contributed by atoms with Gasteiger partial charge in [-0.15, -0.1) is 0 Å². The molecule has 0 saturated carbocycles. The first-order valence-electron chi connectivity index (χ1n) is 1.75. The van der Waals surface area contributed by atoms with Crippen molar-refractivity contribution in [1.29, 1.82) is 0 Å². The van der Waals surface area contributed by atoms with Crippen molar-refractivity contribution in [2.75, 3.05) is 6.67 Å². The maximum atomic E-state index is 10.4. The van der Waals surface area contributed by atoms with E-state index < -0.39 is 17.3 Å². The minimum absolute atomic E-state index is 1.34. The zero-order valence-electron chi connectivity index (χ0n) is 4.40. The Kier molecular flexibility index (Phi) is 9.48. The Bertz CT molecular complexity index is 148. The molecule has 10 heavy (non-hydrogen) atoms. The molecule has 0 aromatic heterocycles. The molecule has 0 aliphatic heterocycles. The summed E-state index contributed by atoms with van der Waals surface area (Å²) < 4.78 is 47.6. The van der Waals surface area contributed by atoms with Gasteiger partial charge in [-0.05, 0) is 0 Å². The average molecular weight is 402 g/mol. The van der Waals surface area contributed by atoms with Gasteiger partial charge in [-0.2, -0.15) is 0 Å². The zero-order chi connectivity index (χ0) is 8.78. The topological polar surface area (TPSA) is 34.1 Å². The van der Waals surface area contributed by atoms with Crippen LogP contribution in [0.25, 0.3) is 0 Å². The van der Waals surface area contributed by atoms with Crippen molar-refractivity contribution in [3.63, 3.8) is 0 Å². The third-order valence-corrected chi connectivity index (χ3v) is 0.117.